The first-order valence-corrected chi connectivity index (χ1v) is 9.02. The molecule has 0 spiro atoms. The summed E-state index contributed by atoms with van der Waals surface area (Å²) in [6, 6.07) is 8.03. The standard InChI is InChI=1S/C19H29ClN2O2/c1-19(2,3)24-18(23)21(4)13-15-9-11-22(12-10-15)14-16-7-5-6-8-17(16)20/h5-8,15H,9-14H2,1-4H3. The maximum absolute atomic E-state index is 12.1. The Hall–Kier alpha value is -1.26. The van der Waals surface area contributed by atoms with Crippen LogP contribution < -0.4 is 0 Å². The molecule has 134 valence electrons. The van der Waals surface area contributed by atoms with Gasteiger partial charge in [0.25, 0.3) is 0 Å². The zero-order chi connectivity index (χ0) is 17.7. The summed E-state index contributed by atoms with van der Waals surface area (Å²) in [5.74, 6) is 0.532. The predicted octanol–water partition coefficient (Wildman–Crippen LogP) is 4.42. The van der Waals surface area contributed by atoms with Gasteiger partial charge in [-0.1, -0.05) is 29.8 Å². The molecule has 0 bridgehead atoms. The Morgan fingerprint density at radius 1 is 1.29 bits per heavy atom. The number of benzene rings is 1. The molecule has 1 aliphatic rings. The van der Waals surface area contributed by atoms with Crippen LogP contribution in [0.4, 0.5) is 4.79 Å². The number of carbonyl (C=O) groups is 1. The minimum atomic E-state index is -0.441. The molecule has 0 atom stereocenters. The minimum Gasteiger partial charge on any atom is -0.444 e. The molecule has 0 radical (unpaired) electrons. The number of hydrogen-bond donors (Lipinski definition) is 0. The van der Waals surface area contributed by atoms with E-state index in [4.69, 9.17) is 16.3 Å². The van der Waals surface area contributed by atoms with Gasteiger partial charge in [-0.25, -0.2) is 4.79 Å². The van der Waals surface area contributed by atoms with Gasteiger partial charge in [-0.05, 0) is 64.3 Å². The summed E-state index contributed by atoms with van der Waals surface area (Å²) in [6.45, 7) is 9.42. The maximum atomic E-state index is 12.1. The molecule has 0 unspecified atom stereocenters. The van der Waals surface area contributed by atoms with E-state index < -0.39 is 5.60 Å². The van der Waals surface area contributed by atoms with E-state index in [-0.39, 0.29) is 6.09 Å². The van der Waals surface area contributed by atoms with Crippen molar-refractivity contribution < 1.29 is 9.53 Å². The highest BCUT2D eigenvalue weighted by atomic mass is 35.5. The third kappa shape index (κ3) is 5.99. The molecule has 0 aliphatic carbocycles. The van der Waals surface area contributed by atoms with E-state index in [9.17, 15) is 4.79 Å². The van der Waals surface area contributed by atoms with Crippen molar-refractivity contribution in [1.29, 1.82) is 0 Å². The first-order chi connectivity index (χ1) is 11.2. The first kappa shape index (κ1) is 19.1. The molecular formula is C19H29ClN2O2. The lowest BCUT2D eigenvalue weighted by molar-refractivity contribution is 0.0249. The highest BCUT2D eigenvalue weighted by Gasteiger charge is 2.25. The molecule has 1 aliphatic heterocycles. The van der Waals surface area contributed by atoms with Gasteiger partial charge in [-0.2, -0.15) is 0 Å². The lowest BCUT2D eigenvalue weighted by Gasteiger charge is -2.34. The number of nitrogens with zero attached hydrogens (tertiary/aromatic N) is 2. The number of carbonyl (C=O) groups excluding carboxylic acids is 1. The third-order valence-corrected chi connectivity index (χ3v) is 4.66. The second-order valence-electron chi connectivity index (χ2n) is 7.67. The molecule has 0 N–H and O–H groups in total. The summed E-state index contributed by atoms with van der Waals surface area (Å²) < 4.78 is 5.42. The molecule has 4 nitrogen and oxygen atoms in total. The van der Waals surface area contributed by atoms with Gasteiger partial charge in [-0.3, -0.25) is 4.90 Å². The Kier molecular flexibility index (Phi) is 6.53. The van der Waals surface area contributed by atoms with Crippen LogP contribution in [-0.2, 0) is 11.3 Å². The average Bonchev–Trinajstić information content (AvgIpc) is 2.50. The van der Waals surface area contributed by atoms with Crippen LogP contribution in [0.1, 0.15) is 39.2 Å². The van der Waals surface area contributed by atoms with Crippen molar-refractivity contribution in [2.24, 2.45) is 5.92 Å². The van der Waals surface area contributed by atoms with Crippen LogP contribution >= 0.6 is 11.6 Å². The van der Waals surface area contributed by atoms with E-state index in [0.29, 0.717) is 5.92 Å². The fourth-order valence-electron chi connectivity index (χ4n) is 3.00. The Labute approximate surface area is 150 Å². The molecule has 0 saturated carbocycles. The Bertz CT molecular complexity index is 549. The van der Waals surface area contributed by atoms with Gasteiger partial charge in [0, 0.05) is 25.2 Å². The van der Waals surface area contributed by atoms with E-state index in [1.165, 1.54) is 5.56 Å². The largest absolute Gasteiger partial charge is 0.444 e. The van der Waals surface area contributed by atoms with E-state index in [0.717, 1.165) is 44.0 Å². The molecule has 1 saturated heterocycles. The molecule has 1 amide bonds. The predicted molar refractivity (Wildman–Crippen MR) is 98.3 cm³/mol. The lowest BCUT2D eigenvalue weighted by atomic mass is 9.96. The Morgan fingerprint density at radius 2 is 1.92 bits per heavy atom. The number of rotatable bonds is 4. The van der Waals surface area contributed by atoms with Crippen LogP contribution in [0, 0.1) is 5.92 Å². The normalized spacial score (nSPS) is 16.9. The second kappa shape index (κ2) is 8.21. The van der Waals surface area contributed by atoms with Gasteiger partial charge in [0.1, 0.15) is 5.60 Å². The van der Waals surface area contributed by atoms with Crippen LogP contribution in [0.25, 0.3) is 0 Å². The van der Waals surface area contributed by atoms with Crippen molar-refractivity contribution in [2.45, 2.75) is 45.8 Å². The van der Waals surface area contributed by atoms with Crippen molar-refractivity contribution in [3.8, 4) is 0 Å². The van der Waals surface area contributed by atoms with Crippen molar-refractivity contribution >= 4 is 17.7 Å². The first-order valence-electron chi connectivity index (χ1n) is 8.64. The van der Waals surface area contributed by atoms with Gasteiger partial charge < -0.3 is 9.64 Å². The number of halogens is 1. The van der Waals surface area contributed by atoms with E-state index in [2.05, 4.69) is 11.0 Å². The van der Waals surface area contributed by atoms with Crippen LogP contribution in [-0.4, -0.2) is 48.2 Å². The average molecular weight is 353 g/mol. The smallest absolute Gasteiger partial charge is 0.410 e. The van der Waals surface area contributed by atoms with Gasteiger partial charge in [-0.15, -0.1) is 0 Å². The molecular weight excluding hydrogens is 324 g/mol. The summed E-state index contributed by atoms with van der Waals surface area (Å²) in [5, 5.41) is 0.837. The Morgan fingerprint density at radius 3 is 2.50 bits per heavy atom. The van der Waals surface area contributed by atoms with Gasteiger partial charge in [0.05, 0.1) is 0 Å². The molecule has 0 aromatic heterocycles. The number of ether oxygens (including phenoxy) is 1. The van der Waals surface area contributed by atoms with E-state index in [1.54, 1.807) is 4.90 Å². The summed E-state index contributed by atoms with van der Waals surface area (Å²) in [5.41, 5.74) is 0.743. The number of hydrogen-bond acceptors (Lipinski definition) is 3. The summed E-state index contributed by atoms with van der Waals surface area (Å²) in [7, 11) is 1.82. The highest BCUT2D eigenvalue weighted by Crippen LogP contribution is 2.23. The summed E-state index contributed by atoms with van der Waals surface area (Å²) >= 11 is 6.24. The molecule has 1 fully saturated rings. The molecule has 2 rings (SSSR count). The van der Waals surface area contributed by atoms with Gasteiger partial charge in [0.15, 0.2) is 0 Å². The fourth-order valence-corrected chi connectivity index (χ4v) is 3.19. The van der Waals surface area contributed by atoms with Crippen LogP contribution in [0.3, 0.4) is 0 Å². The van der Waals surface area contributed by atoms with E-state index in [1.807, 2.05) is 46.0 Å². The zero-order valence-electron chi connectivity index (χ0n) is 15.2. The van der Waals surface area contributed by atoms with Crippen LogP contribution in [0.5, 0.6) is 0 Å². The van der Waals surface area contributed by atoms with Crippen molar-refractivity contribution in [3.05, 3.63) is 34.9 Å². The maximum Gasteiger partial charge on any atom is 0.410 e. The zero-order valence-corrected chi connectivity index (χ0v) is 16.0. The monoisotopic (exact) mass is 352 g/mol. The second-order valence-corrected chi connectivity index (χ2v) is 8.08. The van der Waals surface area contributed by atoms with E-state index >= 15 is 0 Å². The van der Waals surface area contributed by atoms with Crippen molar-refractivity contribution in [1.82, 2.24) is 9.80 Å². The van der Waals surface area contributed by atoms with Gasteiger partial charge >= 0.3 is 6.09 Å². The molecule has 1 heterocycles. The Balaban J connectivity index is 1.76. The fraction of sp³-hybridized carbons (Fsp3) is 0.632. The topological polar surface area (TPSA) is 32.8 Å². The SMILES string of the molecule is CN(CC1CCN(Cc2ccccc2Cl)CC1)C(=O)OC(C)(C)C. The van der Waals surface area contributed by atoms with Crippen molar-refractivity contribution in [2.75, 3.05) is 26.7 Å². The quantitative estimate of drug-likeness (QED) is 0.804. The van der Waals surface area contributed by atoms with Crippen LogP contribution in [0.15, 0.2) is 24.3 Å². The highest BCUT2D eigenvalue weighted by molar-refractivity contribution is 6.31. The van der Waals surface area contributed by atoms with Crippen molar-refractivity contribution in [3.63, 3.8) is 0 Å². The summed E-state index contributed by atoms with van der Waals surface area (Å²) in [6.07, 6.45) is 1.95. The lowest BCUT2D eigenvalue weighted by Crippen LogP contribution is -2.41. The number of amides is 1. The number of likely N-dealkylation sites (tertiary alicyclic amines) is 1. The third-order valence-electron chi connectivity index (χ3n) is 4.30. The number of piperidine rings is 1. The molecule has 24 heavy (non-hydrogen) atoms. The van der Waals surface area contributed by atoms with Gasteiger partial charge in [0.2, 0.25) is 0 Å². The molecule has 5 heteroatoms. The minimum absolute atomic E-state index is 0.235. The molecule has 1 aromatic carbocycles. The summed E-state index contributed by atoms with van der Waals surface area (Å²) in [4.78, 5) is 16.2. The molecule has 1 aromatic rings. The van der Waals surface area contributed by atoms with Crippen LogP contribution in [0.2, 0.25) is 5.02 Å².